The number of methoxy groups -OCH3 is 1. The van der Waals surface area contributed by atoms with E-state index >= 15 is 0 Å². The molecule has 1 amide bonds. The molecule has 0 spiro atoms. The summed E-state index contributed by atoms with van der Waals surface area (Å²) < 4.78 is 11.2. The molecule has 2 N–H and O–H groups in total. The summed E-state index contributed by atoms with van der Waals surface area (Å²) in [4.78, 5) is 15.3. The van der Waals surface area contributed by atoms with E-state index in [9.17, 15) is 4.79 Å². The van der Waals surface area contributed by atoms with Crippen LogP contribution in [0.5, 0.6) is 0 Å². The van der Waals surface area contributed by atoms with E-state index in [0.29, 0.717) is 13.2 Å². The number of nitrogens with one attached hydrogen (secondary N) is 2. The van der Waals surface area contributed by atoms with Crippen LogP contribution < -0.4 is 10.6 Å². The Morgan fingerprint density at radius 1 is 1.23 bits per heavy atom. The van der Waals surface area contributed by atoms with E-state index in [-0.39, 0.29) is 53.9 Å². The molecule has 0 aromatic carbocycles. The molecule has 0 aliphatic carbocycles. The van der Waals surface area contributed by atoms with Crippen molar-refractivity contribution in [2.45, 2.75) is 58.3 Å². The van der Waals surface area contributed by atoms with Gasteiger partial charge in [-0.1, -0.05) is 0 Å². The van der Waals surface area contributed by atoms with Crippen molar-refractivity contribution in [1.29, 1.82) is 0 Å². The number of hydrogen-bond acceptors (Lipinski definition) is 5. The fraction of sp³-hybridized carbons (Fsp3) is 0.944. The molecule has 0 saturated carbocycles. The summed E-state index contributed by atoms with van der Waals surface area (Å²) in [6.45, 7) is 13.3. The lowest BCUT2D eigenvalue weighted by molar-refractivity contribution is -0.137. The maximum Gasteiger partial charge on any atom is 0.228 e. The lowest BCUT2D eigenvalue weighted by Crippen LogP contribution is -2.60. The zero-order chi connectivity index (χ0) is 17.8. The van der Waals surface area contributed by atoms with Crippen molar-refractivity contribution in [2.75, 3.05) is 46.4 Å². The Morgan fingerprint density at radius 2 is 1.77 bits per heavy atom. The van der Waals surface area contributed by atoms with Gasteiger partial charge < -0.3 is 20.1 Å². The largest absolute Gasteiger partial charge is 0.384 e. The van der Waals surface area contributed by atoms with Gasteiger partial charge in [-0.25, -0.2) is 0 Å². The van der Waals surface area contributed by atoms with Crippen LogP contribution in [0.2, 0.25) is 0 Å². The molecule has 2 heterocycles. The number of rotatable bonds is 6. The number of piperidine rings is 1. The van der Waals surface area contributed by atoms with Gasteiger partial charge in [-0.15, -0.1) is 24.8 Å². The first-order valence-corrected chi connectivity index (χ1v) is 9.17. The Balaban J connectivity index is 0.00000312. The highest BCUT2D eigenvalue weighted by atomic mass is 35.5. The summed E-state index contributed by atoms with van der Waals surface area (Å²) in [5.41, 5.74) is -0.481. The van der Waals surface area contributed by atoms with Gasteiger partial charge in [-0.3, -0.25) is 9.69 Å². The summed E-state index contributed by atoms with van der Waals surface area (Å²) in [5.74, 6) is 0.133. The monoisotopic (exact) mass is 413 g/mol. The van der Waals surface area contributed by atoms with Crippen LogP contribution in [0.3, 0.4) is 0 Å². The van der Waals surface area contributed by atoms with Crippen LogP contribution in [0.4, 0.5) is 0 Å². The quantitative estimate of drug-likeness (QED) is 0.695. The highest BCUT2D eigenvalue weighted by Gasteiger charge is 2.41. The van der Waals surface area contributed by atoms with E-state index in [4.69, 9.17) is 9.47 Å². The molecule has 2 unspecified atom stereocenters. The molecule has 26 heavy (non-hydrogen) atoms. The van der Waals surface area contributed by atoms with Crippen molar-refractivity contribution >= 4 is 30.7 Å². The van der Waals surface area contributed by atoms with E-state index in [0.717, 1.165) is 39.0 Å². The number of nitrogens with zero attached hydrogens (tertiary/aromatic N) is 1. The number of morpholine rings is 1. The minimum Gasteiger partial charge on any atom is -0.384 e. The van der Waals surface area contributed by atoms with Crippen molar-refractivity contribution in [3.05, 3.63) is 0 Å². The lowest BCUT2D eigenvalue weighted by Gasteiger charge is -2.45. The Morgan fingerprint density at radius 3 is 2.27 bits per heavy atom. The molecule has 2 saturated heterocycles. The third-order valence-corrected chi connectivity index (χ3v) is 5.42. The second kappa shape index (κ2) is 11.0. The van der Waals surface area contributed by atoms with Gasteiger partial charge >= 0.3 is 0 Å². The van der Waals surface area contributed by atoms with Crippen LogP contribution >= 0.6 is 24.8 Å². The smallest absolute Gasteiger partial charge is 0.228 e. The van der Waals surface area contributed by atoms with Gasteiger partial charge in [0.05, 0.1) is 24.2 Å². The lowest BCUT2D eigenvalue weighted by atomic mass is 9.78. The van der Waals surface area contributed by atoms with Gasteiger partial charge in [-0.05, 0) is 53.6 Å². The van der Waals surface area contributed by atoms with Gasteiger partial charge in [-0.2, -0.15) is 0 Å². The molecule has 0 radical (unpaired) electrons. The normalized spacial score (nSPS) is 26.3. The third-order valence-electron chi connectivity index (χ3n) is 5.42. The topological polar surface area (TPSA) is 62.8 Å². The maximum absolute atomic E-state index is 12.9. The van der Waals surface area contributed by atoms with E-state index < -0.39 is 0 Å². The van der Waals surface area contributed by atoms with E-state index in [1.807, 2.05) is 0 Å². The second-order valence-electron chi connectivity index (χ2n) is 8.12. The highest BCUT2D eigenvalue weighted by Crippen LogP contribution is 2.30. The van der Waals surface area contributed by atoms with E-state index in [1.165, 1.54) is 0 Å². The summed E-state index contributed by atoms with van der Waals surface area (Å²) in [6.07, 6.45) is 2.12. The minimum absolute atomic E-state index is 0. The van der Waals surface area contributed by atoms with Crippen LogP contribution in [-0.4, -0.2) is 75.0 Å². The molecule has 156 valence electrons. The minimum atomic E-state index is -0.387. The molecule has 2 atom stereocenters. The van der Waals surface area contributed by atoms with Crippen molar-refractivity contribution in [3.63, 3.8) is 0 Å². The predicted molar refractivity (Wildman–Crippen MR) is 110 cm³/mol. The molecule has 0 aromatic heterocycles. The van der Waals surface area contributed by atoms with Crippen LogP contribution in [-0.2, 0) is 14.3 Å². The van der Waals surface area contributed by atoms with Crippen molar-refractivity contribution in [2.24, 2.45) is 5.41 Å². The Kier molecular flexibility index (Phi) is 11.0. The molecular formula is C18H37Cl2N3O3. The fourth-order valence-corrected chi connectivity index (χ4v) is 3.89. The molecule has 0 aromatic rings. The second-order valence-corrected chi connectivity index (χ2v) is 8.12. The Bertz CT molecular complexity index is 416. The molecule has 0 bridgehead atoms. The number of ether oxygens (including phenoxy) is 2. The molecule has 2 aliphatic rings. The Labute approximate surface area is 170 Å². The zero-order valence-corrected chi connectivity index (χ0v) is 18.4. The first-order valence-electron chi connectivity index (χ1n) is 9.17. The van der Waals surface area contributed by atoms with Crippen LogP contribution in [0.25, 0.3) is 0 Å². The summed E-state index contributed by atoms with van der Waals surface area (Å²) in [5, 5.41) is 6.54. The molecule has 8 heteroatoms. The first kappa shape index (κ1) is 25.9. The predicted octanol–water partition coefficient (Wildman–Crippen LogP) is 1.85. The van der Waals surface area contributed by atoms with E-state index in [2.05, 4.69) is 43.2 Å². The standard InChI is InChI=1S/C18H35N3O3.2ClH/c1-14-10-21(11-15(2)24-14)17(3,4)12-20-16(22)18(13-23-5)6-8-19-9-7-18;;/h14-15,19H,6-13H2,1-5H3,(H,20,22);2*1H. The summed E-state index contributed by atoms with van der Waals surface area (Å²) in [7, 11) is 1.68. The van der Waals surface area contributed by atoms with Crippen LogP contribution in [0, 0.1) is 5.41 Å². The third kappa shape index (κ3) is 6.50. The number of halogens is 2. The van der Waals surface area contributed by atoms with Gasteiger partial charge in [0.2, 0.25) is 5.91 Å². The van der Waals surface area contributed by atoms with Gasteiger partial charge in [0.25, 0.3) is 0 Å². The Hall–Kier alpha value is -0.110. The average molecular weight is 414 g/mol. The fourth-order valence-electron chi connectivity index (χ4n) is 3.89. The molecule has 2 rings (SSSR count). The number of amides is 1. The van der Waals surface area contributed by atoms with Gasteiger partial charge in [0, 0.05) is 32.3 Å². The van der Waals surface area contributed by atoms with E-state index in [1.54, 1.807) is 7.11 Å². The van der Waals surface area contributed by atoms with Crippen molar-refractivity contribution in [1.82, 2.24) is 15.5 Å². The van der Waals surface area contributed by atoms with Crippen LogP contribution in [0.15, 0.2) is 0 Å². The van der Waals surface area contributed by atoms with Gasteiger partial charge in [0.1, 0.15) is 0 Å². The number of carbonyl (C=O) groups excluding carboxylic acids is 1. The molecule has 2 aliphatic heterocycles. The average Bonchev–Trinajstić information content (AvgIpc) is 2.53. The maximum atomic E-state index is 12.9. The molecule has 2 fully saturated rings. The zero-order valence-electron chi connectivity index (χ0n) is 16.8. The first-order chi connectivity index (χ1) is 11.3. The highest BCUT2D eigenvalue weighted by molar-refractivity contribution is 5.85. The van der Waals surface area contributed by atoms with Crippen molar-refractivity contribution < 1.29 is 14.3 Å². The van der Waals surface area contributed by atoms with Crippen LogP contribution in [0.1, 0.15) is 40.5 Å². The SMILES string of the molecule is COCC1(C(=O)NCC(C)(C)N2CC(C)OC(C)C2)CCNCC1.Cl.Cl. The van der Waals surface area contributed by atoms with Crippen molar-refractivity contribution in [3.8, 4) is 0 Å². The summed E-state index contributed by atoms with van der Waals surface area (Å²) >= 11 is 0. The molecular weight excluding hydrogens is 377 g/mol. The summed E-state index contributed by atoms with van der Waals surface area (Å²) in [6, 6.07) is 0. The molecule has 6 nitrogen and oxygen atoms in total. The number of carbonyl (C=O) groups is 1. The van der Waals surface area contributed by atoms with Gasteiger partial charge in [0.15, 0.2) is 0 Å². The number of hydrogen-bond donors (Lipinski definition) is 2.